The molecule has 2 unspecified atom stereocenters. The summed E-state index contributed by atoms with van der Waals surface area (Å²) in [5.74, 6) is 0. The number of aliphatic hydroxyl groups excluding tert-OH is 1. The van der Waals surface area contributed by atoms with Crippen molar-refractivity contribution in [1.82, 2.24) is 5.32 Å². The molecule has 84 valence electrons. The summed E-state index contributed by atoms with van der Waals surface area (Å²) in [6, 6.07) is 3.97. The van der Waals surface area contributed by atoms with Gasteiger partial charge in [-0.15, -0.1) is 11.3 Å². The van der Waals surface area contributed by atoms with Gasteiger partial charge < -0.3 is 10.4 Å². The first-order valence-corrected chi connectivity index (χ1v) is 6.63. The molecule has 0 amide bonds. The highest BCUT2D eigenvalue weighted by atomic mass is 35.5. The van der Waals surface area contributed by atoms with Crippen LogP contribution in [0.5, 0.6) is 0 Å². The van der Waals surface area contributed by atoms with Gasteiger partial charge in [-0.1, -0.05) is 24.4 Å². The first-order valence-electron chi connectivity index (χ1n) is 5.44. The number of hydrogen-bond donors (Lipinski definition) is 2. The molecule has 1 aromatic heterocycles. The van der Waals surface area contributed by atoms with Crippen LogP contribution in [0.2, 0.25) is 4.34 Å². The highest BCUT2D eigenvalue weighted by molar-refractivity contribution is 7.16. The molecule has 0 bridgehead atoms. The average molecular weight is 246 g/mol. The zero-order chi connectivity index (χ0) is 10.7. The molecule has 0 spiro atoms. The van der Waals surface area contributed by atoms with Crippen molar-refractivity contribution in [2.75, 3.05) is 6.54 Å². The Hall–Kier alpha value is -0.0900. The Morgan fingerprint density at radius 3 is 3.00 bits per heavy atom. The minimum atomic E-state index is -0.402. The molecule has 15 heavy (non-hydrogen) atoms. The molecule has 1 aliphatic rings. The molecular formula is C11H16ClNOS. The maximum Gasteiger partial charge on any atom is 0.103 e. The maximum atomic E-state index is 10.2. The zero-order valence-corrected chi connectivity index (χ0v) is 10.2. The van der Waals surface area contributed by atoms with Crippen LogP contribution in [0.1, 0.15) is 36.7 Å². The lowest BCUT2D eigenvalue weighted by Gasteiger charge is -2.21. The Kier molecular flexibility index (Phi) is 4.03. The number of thiophene rings is 1. The molecule has 2 heterocycles. The second-order valence-corrected chi connectivity index (χ2v) is 5.74. The van der Waals surface area contributed by atoms with Gasteiger partial charge in [0.1, 0.15) is 6.10 Å². The van der Waals surface area contributed by atoms with Gasteiger partial charge in [-0.25, -0.2) is 0 Å². The highest BCUT2D eigenvalue weighted by Gasteiger charge is 2.22. The van der Waals surface area contributed by atoms with E-state index in [1.165, 1.54) is 30.6 Å². The summed E-state index contributed by atoms with van der Waals surface area (Å²) in [5, 5.41) is 13.6. The molecule has 0 aromatic carbocycles. The summed E-state index contributed by atoms with van der Waals surface area (Å²) in [5.41, 5.74) is 0. The topological polar surface area (TPSA) is 32.3 Å². The Bertz CT molecular complexity index is 307. The zero-order valence-electron chi connectivity index (χ0n) is 8.58. The van der Waals surface area contributed by atoms with Crippen LogP contribution in [0.15, 0.2) is 12.1 Å². The predicted molar refractivity (Wildman–Crippen MR) is 64.5 cm³/mol. The second kappa shape index (κ2) is 5.30. The van der Waals surface area contributed by atoms with Crippen LogP contribution in [-0.2, 0) is 0 Å². The molecule has 4 heteroatoms. The van der Waals surface area contributed by atoms with Crippen LogP contribution >= 0.6 is 22.9 Å². The predicted octanol–water partition coefficient (Wildman–Crippen LogP) is 2.97. The lowest BCUT2D eigenvalue weighted by Crippen LogP contribution is -2.33. The molecule has 1 aromatic rings. The van der Waals surface area contributed by atoms with E-state index >= 15 is 0 Å². The summed E-state index contributed by atoms with van der Waals surface area (Å²) in [6.45, 7) is 1.01. The van der Waals surface area contributed by atoms with E-state index in [0.29, 0.717) is 0 Å². The van der Waals surface area contributed by atoms with Crippen LogP contribution in [0.3, 0.4) is 0 Å². The fraction of sp³-hybridized carbons (Fsp3) is 0.636. The van der Waals surface area contributed by atoms with E-state index in [2.05, 4.69) is 5.32 Å². The standard InChI is InChI=1S/C11H16ClNOS/c12-10-6-5-9(15-10)11(14)8-4-2-1-3-7-13-8/h5-6,8,11,13-14H,1-4,7H2. The van der Waals surface area contributed by atoms with Crippen molar-refractivity contribution in [3.05, 3.63) is 21.3 Å². The monoisotopic (exact) mass is 245 g/mol. The van der Waals surface area contributed by atoms with Crippen LogP contribution < -0.4 is 5.32 Å². The fourth-order valence-corrected chi connectivity index (χ4v) is 3.12. The van der Waals surface area contributed by atoms with E-state index in [-0.39, 0.29) is 6.04 Å². The fourth-order valence-electron chi connectivity index (χ4n) is 2.01. The molecule has 2 atom stereocenters. The van der Waals surface area contributed by atoms with E-state index in [1.54, 1.807) is 0 Å². The summed E-state index contributed by atoms with van der Waals surface area (Å²) >= 11 is 7.33. The molecular weight excluding hydrogens is 230 g/mol. The number of nitrogens with one attached hydrogen (secondary N) is 1. The van der Waals surface area contributed by atoms with E-state index in [9.17, 15) is 5.11 Å². The van der Waals surface area contributed by atoms with Gasteiger partial charge in [0.2, 0.25) is 0 Å². The SMILES string of the molecule is OC(c1ccc(Cl)s1)C1CCCCCN1. The Balaban J connectivity index is 2.02. The minimum absolute atomic E-state index is 0.196. The minimum Gasteiger partial charge on any atom is -0.386 e. The molecule has 0 aliphatic carbocycles. The average Bonchev–Trinajstić information content (AvgIpc) is 2.53. The van der Waals surface area contributed by atoms with Crippen LogP contribution in [0.4, 0.5) is 0 Å². The van der Waals surface area contributed by atoms with Crippen molar-refractivity contribution >= 4 is 22.9 Å². The normalized spacial score (nSPS) is 24.8. The van der Waals surface area contributed by atoms with Gasteiger partial charge in [0.15, 0.2) is 0 Å². The first-order chi connectivity index (χ1) is 7.27. The van der Waals surface area contributed by atoms with Gasteiger partial charge in [-0.3, -0.25) is 0 Å². The Morgan fingerprint density at radius 1 is 1.40 bits per heavy atom. The number of halogens is 1. The van der Waals surface area contributed by atoms with Gasteiger partial charge in [-0.2, -0.15) is 0 Å². The molecule has 0 saturated carbocycles. The summed E-state index contributed by atoms with van der Waals surface area (Å²) in [7, 11) is 0. The molecule has 0 radical (unpaired) electrons. The van der Waals surface area contributed by atoms with Crippen LogP contribution in [0.25, 0.3) is 0 Å². The molecule has 2 N–H and O–H groups in total. The molecule has 1 aliphatic heterocycles. The van der Waals surface area contributed by atoms with Gasteiger partial charge in [0.05, 0.1) is 4.34 Å². The van der Waals surface area contributed by atoms with Gasteiger partial charge in [0, 0.05) is 10.9 Å². The van der Waals surface area contributed by atoms with Crippen molar-refractivity contribution in [3.63, 3.8) is 0 Å². The van der Waals surface area contributed by atoms with Crippen LogP contribution in [-0.4, -0.2) is 17.7 Å². The quantitative estimate of drug-likeness (QED) is 0.840. The van der Waals surface area contributed by atoms with E-state index < -0.39 is 6.10 Å². The van der Waals surface area contributed by atoms with Crippen molar-refractivity contribution in [1.29, 1.82) is 0 Å². The highest BCUT2D eigenvalue weighted by Crippen LogP contribution is 2.30. The van der Waals surface area contributed by atoms with Crippen molar-refractivity contribution in [3.8, 4) is 0 Å². The molecule has 2 nitrogen and oxygen atoms in total. The molecule has 1 fully saturated rings. The largest absolute Gasteiger partial charge is 0.386 e. The van der Waals surface area contributed by atoms with Crippen LogP contribution in [0, 0.1) is 0 Å². The third-order valence-corrected chi connectivity index (χ3v) is 4.17. The Morgan fingerprint density at radius 2 is 2.27 bits per heavy atom. The Labute approximate surface area is 99.3 Å². The molecule has 2 rings (SSSR count). The number of hydrogen-bond acceptors (Lipinski definition) is 3. The third-order valence-electron chi connectivity index (χ3n) is 2.87. The summed E-state index contributed by atoms with van der Waals surface area (Å²) < 4.78 is 0.748. The van der Waals surface area contributed by atoms with E-state index in [0.717, 1.165) is 22.2 Å². The van der Waals surface area contributed by atoms with Crippen molar-refractivity contribution < 1.29 is 5.11 Å². The van der Waals surface area contributed by atoms with Crippen molar-refractivity contribution in [2.24, 2.45) is 0 Å². The summed E-state index contributed by atoms with van der Waals surface area (Å²) in [4.78, 5) is 0.972. The summed E-state index contributed by atoms with van der Waals surface area (Å²) in [6.07, 6.45) is 4.33. The van der Waals surface area contributed by atoms with E-state index in [1.807, 2.05) is 12.1 Å². The van der Waals surface area contributed by atoms with Gasteiger partial charge in [0.25, 0.3) is 0 Å². The van der Waals surface area contributed by atoms with Crippen molar-refractivity contribution in [2.45, 2.75) is 37.8 Å². The smallest absolute Gasteiger partial charge is 0.103 e. The van der Waals surface area contributed by atoms with Gasteiger partial charge in [-0.05, 0) is 31.5 Å². The second-order valence-electron chi connectivity index (χ2n) is 4.00. The lowest BCUT2D eigenvalue weighted by molar-refractivity contribution is 0.129. The first kappa shape index (κ1) is 11.4. The third kappa shape index (κ3) is 2.94. The number of rotatable bonds is 2. The number of aliphatic hydroxyl groups is 1. The lowest BCUT2D eigenvalue weighted by atomic mass is 10.0. The van der Waals surface area contributed by atoms with E-state index in [4.69, 9.17) is 11.6 Å². The molecule has 1 saturated heterocycles. The van der Waals surface area contributed by atoms with Gasteiger partial charge >= 0.3 is 0 Å². The maximum absolute atomic E-state index is 10.2.